The molecule has 124 valence electrons. The van der Waals surface area contributed by atoms with E-state index in [-0.39, 0.29) is 6.10 Å². The maximum absolute atomic E-state index is 12.5. The molecule has 1 saturated carbocycles. The van der Waals surface area contributed by atoms with Crippen molar-refractivity contribution < 1.29 is 9.53 Å². The molecule has 2 aromatic heterocycles. The Kier molecular flexibility index (Phi) is 4.39. The SMILES string of the molecule is Cc1cc2c(=O)n(C(C)C(=O)OC3CCCCC3)c(=O)[nH]c2s1. The second-order valence-corrected chi connectivity index (χ2v) is 7.33. The fourth-order valence-corrected chi connectivity index (χ4v) is 3.94. The first-order chi connectivity index (χ1) is 11.0. The van der Waals surface area contributed by atoms with Crippen LogP contribution in [0.2, 0.25) is 0 Å². The number of hydrogen-bond donors (Lipinski definition) is 1. The van der Waals surface area contributed by atoms with Gasteiger partial charge in [0.15, 0.2) is 0 Å². The van der Waals surface area contributed by atoms with E-state index in [2.05, 4.69) is 4.98 Å². The number of nitrogens with one attached hydrogen (secondary N) is 1. The van der Waals surface area contributed by atoms with Crippen molar-refractivity contribution in [2.75, 3.05) is 0 Å². The van der Waals surface area contributed by atoms with Crippen molar-refractivity contribution in [3.63, 3.8) is 0 Å². The van der Waals surface area contributed by atoms with Crippen molar-refractivity contribution in [3.05, 3.63) is 31.8 Å². The summed E-state index contributed by atoms with van der Waals surface area (Å²) >= 11 is 1.35. The summed E-state index contributed by atoms with van der Waals surface area (Å²) in [6.45, 7) is 3.40. The molecule has 1 atom stereocenters. The first-order valence-electron chi connectivity index (χ1n) is 7.93. The number of esters is 1. The molecule has 0 radical (unpaired) electrons. The number of H-pyrrole nitrogens is 1. The zero-order chi connectivity index (χ0) is 16.6. The molecule has 0 aliphatic heterocycles. The first kappa shape index (κ1) is 16.0. The molecule has 1 unspecified atom stereocenters. The van der Waals surface area contributed by atoms with Crippen molar-refractivity contribution in [1.82, 2.24) is 9.55 Å². The third-order valence-corrected chi connectivity index (χ3v) is 5.27. The number of aryl methyl sites for hydroxylation is 1. The quantitative estimate of drug-likeness (QED) is 0.873. The van der Waals surface area contributed by atoms with Gasteiger partial charge in [-0.2, -0.15) is 0 Å². The predicted octanol–water partition coefficient (Wildman–Crippen LogP) is 2.50. The number of rotatable bonds is 3. The van der Waals surface area contributed by atoms with Crippen molar-refractivity contribution in [2.45, 2.75) is 58.1 Å². The Bertz CT molecular complexity index is 842. The zero-order valence-corrected chi connectivity index (χ0v) is 14.1. The van der Waals surface area contributed by atoms with Gasteiger partial charge in [-0.15, -0.1) is 11.3 Å². The maximum atomic E-state index is 12.5. The summed E-state index contributed by atoms with van der Waals surface area (Å²) in [5.41, 5.74) is -1.02. The van der Waals surface area contributed by atoms with Gasteiger partial charge in [-0.05, 0) is 45.6 Å². The molecule has 0 bridgehead atoms. The largest absolute Gasteiger partial charge is 0.461 e. The Morgan fingerprint density at radius 2 is 2.04 bits per heavy atom. The summed E-state index contributed by atoms with van der Waals surface area (Å²) in [6, 6.07) is 0.798. The minimum atomic E-state index is -0.933. The molecule has 0 aromatic carbocycles. The Morgan fingerprint density at radius 3 is 2.74 bits per heavy atom. The standard InChI is InChI=1S/C16H20N2O4S/c1-9-8-12-13(23-9)17-16(21)18(14(12)19)10(2)15(20)22-11-6-4-3-5-7-11/h8,10-11H,3-7H2,1-2H3,(H,17,21). The van der Waals surface area contributed by atoms with Crippen LogP contribution in [0.5, 0.6) is 0 Å². The maximum Gasteiger partial charge on any atom is 0.330 e. The molecule has 0 saturated heterocycles. The lowest BCUT2D eigenvalue weighted by molar-refractivity contribution is -0.154. The minimum absolute atomic E-state index is 0.0967. The number of thiophene rings is 1. The highest BCUT2D eigenvalue weighted by molar-refractivity contribution is 7.18. The number of ether oxygens (including phenoxy) is 1. The van der Waals surface area contributed by atoms with Crippen LogP contribution in [0.15, 0.2) is 15.7 Å². The van der Waals surface area contributed by atoms with Gasteiger partial charge < -0.3 is 4.74 Å². The summed E-state index contributed by atoms with van der Waals surface area (Å²) in [5.74, 6) is -0.518. The third kappa shape index (κ3) is 3.10. The lowest BCUT2D eigenvalue weighted by Gasteiger charge is -2.23. The van der Waals surface area contributed by atoms with Crippen LogP contribution in [-0.2, 0) is 9.53 Å². The van der Waals surface area contributed by atoms with Gasteiger partial charge >= 0.3 is 11.7 Å². The molecule has 7 heteroatoms. The van der Waals surface area contributed by atoms with Crippen molar-refractivity contribution in [2.24, 2.45) is 0 Å². The molecule has 3 rings (SSSR count). The van der Waals surface area contributed by atoms with Crippen LogP contribution in [0.3, 0.4) is 0 Å². The number of nitrogens with zero attached hydrogens (tertiary/aromatic N) is 1. The van der Waals surface area contributed by atoms with E-state index in [4.69, 9.17) is 4.74 Å². The normalized spacial score (nSPS) is 17.3. The molecule has 1 fully saturated rings. The van der Waals surface area contributed by atoms with Gasteiger partial charge in [0.2, 0.25) is 0 Å². The van der Waals surface area contributed by atoms with E-state index in [1.54, 1.807) is 6.07 Å². The van der Waals surface area contributed by atoms with Crippen molar-refractivity contribution >= 4 is 27.5 Å². The van der Waals surface area contributed by atoms with E-state index in [1.165, 1.54) is 18.3 Å². The van der Waals surface area contributed by atoms with Gasteiger partial charge in [0.05, 0.1) is 5.39 Å². The van der Waals surface area contributed by atoms with Crippen LogP contribution in [0.25, 0.3) is 10.2 Å². The molecule has 6 nitrogen and oxygen atoms in total. The van der Waals surface area contributed by atoms with E-state index in [0.29, 0.717) is 10.2 Å². The Labute approximate surface area is 137 Å². The summed E-state index contributed by atoms with van der Waals surface area (Å²) in [6.07, 6.45) is 4.87. The summed E-state index contributed by atoms with van der Waals surface area (Å²) in [7, 11) is 0. The summed E-state index contributed by atoms with van der Waals surface area (Å²) in [4.78, 5) is 41.2. The number of aromatic amines is 1. The first-order valence-corrected chi connectivity index (χ1v) is 8.74. The number of hydrogen-bond acceptors (Lipinski definition) is 5. The van der Waals surface area contributed by atoms with Crippen LogP contribution in [-0.4, -0.2) is 21.6 Å². The highest BCUT2D eigenvalue weighted by Crippen LogP contribution is 2.22. The average molecular weight is 336 g/mol. The molecule has 2 aromatic rings. The van der Waals surface area contributed by atoms with E-state index in [1.807, 2.05) is 6.92 Å². The van der Waals surface area contributed by atoms with Crippen molar-refractivity contribution in [1.29, 1.82) is 0 Å². The van der Waals surface area contributed by atoms with Crippen LogP contribution < -0.4 is 11.2 Å². The number of fused-ring (bicyclic) bond motifs is 1. The van der Waals surface area contributed by atoms with Crippen LogP contribution in [0, 0.1) is 6.92 Å². The summed E-state index contributed by atoms with van der Waals surface area (Å²) in [5, 5.41) is 0.435. The molecule has 23 heavy (non-hydrogen) atoms. The van der Waals surface area contributed by atoms with Gasteiger partial charge in [0.1, 0.15) is 17.0 Å². The molecular weight excluding hydrogens is 316 g/mol. The van der Waals surface area contributed by atoms with E-state index in [0.717, 1.165) is 41.5 Å². The summed E-state index contributed by atoms with van der Waals surface area (Å²) < 4.78 is 6.44. The second kappa shape index (κ2) is 6.31. The monoisotopic (exact) mass is 336 g/mol. The smallest absolute Gasteiger partial charge is 0.330 e. The number of carbonyl (C=O) groups is 1. The Hall–Kier alpha value is -1.89. The highest BCUT2D eigenvalue weighted by Gasteiger charge is 2.25. The molecule has 1 aliphatic carbocycles. The van der Waals surface area contributed by atoms with Crippen LogP contribution in [0.4, 0.5) is 0 Å². The minimum Gasteiger partial charge on any atom is -0.461 e. The lowest BCUT2D eigenvalue weighted by atomic mass is 9.98. The van der Waals surface area contributed by atoms with Crippen molar-refractivity contribution in [3.8, 4) is 0 Å². The molecule has 0 spiro atoms. The van der Waals surface area contributed by atoms with Gasteiger partial charge in [0, 0.05) is 4.88 Å². The third-order valence-electron chi connectivity index (χ3n) is 4.31. The number of aromatic nitrogens is 2. The average Bonchev–Trinajstić information content (AvgIpc) is 2.88. The van der Waals surface area contributed by atoms with E-state index >= 15 is 0 Å². The van der Waals surface area contributed by atoms with Gasteiger partial charge in [0.25, 0.3) is 5.56 Å². The van der Waals surface area contributed by atoms with Gasteiger partial charge in [-0.3, -0.25) is 9.78 Å². The van der Waals surface area contributed by atoms with E-state index < -0.39 is 23.3 Å². The van der Waals surface area contributed by atoms with Gasteiger partial charge in [-0.25, -0.2) is 14.2 Å². The molecule has 2 heterocycles. The highest BCUT2D eigenvalue weighted by atomic mass is 32.1. The Morgan fingerprint density at radius 1 is 1.35 bits per heavy atom. The predicted molar refractivity (Wildman–Crippen MR) is 89.1 cm³/mol. The lowest BCUT2D eigenvalue weighted by Crippen LogP contribution is -2.41. The van der Waals surface area contributed by atoms with Gasteiger partial charge in [-0.1, -0.05) is 6.42 Å². The molecule has 1 N–H and O–H groups in total. The molecular formula is C16H20N2O4S. The van der Waals surface area contributed by atoms with Crippen LogP contribution >= 0.6 is 11.3 Å². The fourth-order valence-electron chi connectivity index (χ4n) is 3.05. The topological polar surface area (TPSA) is 81.2 Å². The van der Waals surface area contributed by atoms with Crippen LogP contribution in [0.1, 0.15) is 49.9 Å². The number of carbonyl (C=O) groups excluding carboxylic acids is 1. The zero-order valence-electron chi connectivity index (χ0n) is 13.3. The molecule has 1 aliphatic rings. The van der Waals surface area contributed by atoms with E-state index in [9.17, 15) is 14.4 Å². The Balaban J connectivity index is 1.90. The fraction of sp³-hybridized carbons (Fsp3) is 0.562. The molecule has 0 amide bonds. The second-order valence-electron chi connectivity index (χ2n) is 6.08.